The van der Waals surface area contributed by atoms with E-state index < -0.39 is 35.7 Å². The number of alkyl halides is 3. The van der Waals surface area contributed by atoms with Gasteiger partial charge in [-0.25, -0.2) is 0 Å². The second-order valence-corrected chi connectivity index (χ2v) is 6.09. The van der Waals surface area contributed by atoms with Crippen molar-refractivity contribution in [2.75, 3.05) is 6.54 Å². The number of hydrogen-bond acceptors (Lipinski definition) is 3. The molecule has 0 aliphatic carbocycles. The third-order valence-corrected chi connectivity index (χ3v) is 4.20. The Morgan fingerprint density at radius 2 is 1.48 bits per heavy atom. The number of rotatable bonds is 5. The van der Waals surface area contributed by atoms with E-state index in [9.17, 15) is 27.9 Å². The van der Waals surface area contributed by atoms with E-state index >= 15 is 0 Å². The highest BCUT2D eigenvalue weighted by atomic mass is 35.5. The van der Waals surface area contributed by atoms with Crippen molar-refractivity contribution in [3.8, 4) is 0 Å². The van der Waals surface area contributed by atoms with Crippen molar-refractivity contribution in [1.82, 2.24) is 10.6 Å². The molecule has 27 heavy (non-hydrogen) atoms. The van der Waals surface area contributed by atoms with E-state index in [1.54, 1.807) is 24.3 Å². The average molecular weight is 401 g/mol. The Hall–Kier alpha value is -2.58. The van der Waals surface area contributed by atoms with Gasteiger partial charge in [0.25, 0.3) is 0 Å². The van der Waals surface area contributed by atoms with Crippen LogP contribution in [-0.2, 0) is 21.7 Å². The Kier molecular flexibility index (Phi) is 6.45. The molecule has 0 fully saturated rings. The maximum absolute atomic E-state index is 13.3. The normalized spacial score (nSPS) is 13.5. The zero-order chi connectivity index (χ0) is 20.1. The standard InChI is InChI=1S/C18H16ClF3N2O3/c19-14-9-5-4-6-12(14)10-23-15(25)16(26)24-11-17(27,18(20,21)22)13-7-2-1-3-8-13/h1-9,27H,10-11H2,(H,23,25)(H,24,26)/t17-/m0/s1. The van der Waals surface area contributed by atoms with Gasteiger partial charge >= 0.3 is 18.0 Å². The predicted molar refractivity (Wildman–Crippen MR) is 92.7 cm³/mol. The SMILES string of the molecule is O=C(NCc1ccccc1Cl)C(=O)NC[C@](O)(c1ccccc1)C(F)(F)F. The lowest BCUT2D eigenvalue weighted by atomic mass is 9.93. The summed E-state index contributed by atoms with van der Waals surface area (Å²) in [5.41, 5.74) is -3.24. The van der Waals surface area contributed by atoms with Gasteiger partial charge in [-0.3, -0.25) is 9.59 Å². The van der Waals surface area contributed by atoms with Crippen molar-refractivity contribution in [1.29, 1.82) is 0 Å². The summed E-state index contributed by atoms with van der Waals surface area (Å²) in [4.78, 5) is 23.6. The first kappa shape index (κ1) is 20.7. The molecule has 144 valence electrons. The molecule has 0 aromatic heterocycles. The number of carbonyl (C=O) groups is 2. The van der Waals surface area contributed by atoms with Gasteiger partial charge in [0.2, 0.25) is 5.60 Å². The van der Waals surface area contributed by atoms with Crippen LogP contribution in [0.25, 0.3) is 0 Å². The van der Waals surface area contributed by atoms with Crippen LogP contribution in [0.3, 0.4) is 0 Å². The van der Waals surface area contributed by atoms with Crippen molar-refractivity contribution in [2.45, 2.75) is 18.3 Å². The molecule has 0 saturated heterocycles. The summed E-state index contributed by atoms with van der Waals surface area (Å²) in [6, 6.07) is 12.9. The topological polar surface area (TPSA) is 78.4 Å². The Bertz CT molecular complexity index is 815. The number of nitrogens with one attached hydrogen (secondary N) is 2. The molecular formula is C18H16ClF3N2O3. The van der Waals surface area contributed by atoms with Gasteiger partial charge in [0.1, 0.15) is 0 Å². The highest BCUT2D eigenvalue weighted by Crippen LogP contribution is 2.38. The van der Waals surface area contributed by atoms with Gasteiger partial charge < -0.3 is 15.7 Å². The maximum Gasteiger partial charge on any atom is 0.423 e. The second kappa shape index (κ2) is 8.41. The van der Waals surface area contributed by atoms with Crippen LogP contribution in [0.2, 0.25) is 5.02 Å². The van der Waals surface area contributed by atoms with Crippen molar-refractivity contribution in [2.24, 2.45) is 0 Å². The first-order valence-electron chi connectivity index (χ1n) is 7.79. The van der Waals surface area contributed by atoms with E-state index in [0.717, 1.165) is 12.1 Å². The third-order valence-electron chi connectivity index (χ3n) is 3.83. The minimum atomic E-state index is -5.06. The monoisotopic (exact) mass is 400 g/mol. The van der Waals surface area contributed by atoms with Gasteiger partial charge in [0.05, 0.1) is 6.54 Å². The van der Waals surface area contributed by atoms with Crippen molar-refractivity contribution in [3.63, 3.8) is 0 Å². The fourth-order valence-electron chi connectivity index (χ4n) is 2.27. The average Bonchev–Trinajstić information content (AvgIpc) is 2.64. The number of benzene rings is 2. The Morgan fingerprint density at radius 1 is 0.926 bits per heavy atom. The summed E-state index contributed by atoms with van der Waals surface area (Å²) in [6.07, 6.45) is -5.06. The second-order valence-electron chi connectivity index (χ2n) is 5.68. The first-order chi connectivity index (χ1) is 12.6. The molecule has 0 aliphatic rings. The number of halogens is 4. The molecule has 0 unspecified atom stereocenters. The summed E-state index contributed by atoms with van der Waals surface area (Å²) < 4.78 is 40.0. The maximum atomic E-state index is 13.3. The molecule has 0 bridgehead atoms. The summed E-state index contributed by atoms with van der Waals surface area (Å²) >= 11 is 5.92. The molecule has 9 heteroatoms. The molecule has 3 N–H and O–H groups in total. The quantitative estimate of drug-likeness (QED) is 0.675. The molecule has 1 atom stereocenters. The molecule has 5 nitrogen and oxygen atoms in total. The molecule has 0 saturated carbocycles. The summed E-state index contributed by atoms with van der Waals surface area (Å²) in [7, 11) is 0. The number of carbonyl (C=O) groups excluding carboxylic acids is 2. The lowest BCUT2D eigenvalue weighted by Gasteiger charge is -2.31. The lowest BCUT2D eigenvalue weighted by molar-refractivity contribution is -0.264. The smallest absolute Gasteiger partial charge is 0.375 e. The summed E-state index contributed by atoms with van der Waals surface area (Å²) in [6.45, 7) is -1.28. The van der Waals surface area contributed by atoms with Crippen LogP contribution >= 0.6 is 11.6 Å². The molecule has 0 aliphatic heterocycles. The number of aliphatic hydroxyl groups is 1. The van der Waals surface area contributed by atoms with E-state index in [1.165, 1.54) is 18.2 Å². The minimum absolute atomic E-state index is 0.0752. The molecule has 2 rings (SSSR count). The van der Waals surface area contributed by atoms with Crippen LogP contribution in [0.15, 0.2) is 54.6 Å². The van der Waals surface area contributed by atoms with Gasteiger partial charge in [-0.1, -0.05) is 60.1 Å². The van der Waals surface area contributed by atoms with Crippen LogP contribution in [-0.4, -0.2) is 29.6 Å². The highest BCUT2D eigenvalue weighted by molar-refractivity contribution is 6.35. The Morgan fingerprint density at radius 3 is 2.07 bits per heavy atom. The van der Waals surface area contributed by atoms with Crippen LogP contribution < -0.4 is 10.6 Å². The van der Waals surface area contributed by atoms with E-state index in [4.69, 9.17) is 11.6 Å². The molecule has 0 radical (unpaired) electrons. The fraction of sp³-hybridized carbons (Fsp3) is 0.222. The molecule has 2 amide bonds. The van der Waals surface area contributed by atoms with Gasteiger partial charge in [0, 0.05) is 11.6 Å². The lowest BCUT2D eigenvalue weighted by Crippen LogP contribution is -2.53. The van der Waals surface area contributed by atoms with Gasteiger partial charge in [-0.05, 0) is 17.2 Å². The van der Waals surface area contributed by atoms with Crippen LogP contribution in [0, 0.1) is 0 Å². The number of hydrogen-bond donors (Lipinski definition) is 3. The summed E-state index contributed by atoms with van der Waals surface area (Å²) in [5, 5.41) is 14.6. The number of amides is 2. The highest BCUT2D eigenvalue weighted by Gasteiger charge is 2.55. The van der Waals surface area contributed by atoms with E-state index in [-0.39, 0.29) is 6.54 Å². The minimum Gasteiger partial charge on any atom is -0.375 e. The van der Waals surface area contributed by atoms with Crippen LogP contribution in [0.4, 0.5) is 13.2 Å². The van der Waals surface area contributed by atoms with E-state index in [2.05, 4.69) is 5.32 Å². The largest absolute Gasteiger partial charge is 0.423 e. The van der Waals surface area contributed by atoms with E-state index in [1.807, 2.05) is 5.32 Å². The zero-order valence-corrected chi connectivity index (χ0v) is 14.6. The molecule has 2 aromatic carbocycles. The predicted octanol–water partition coefficient (Wildman–Crippen LogP) is 2.52. The Balaban J connectivity index is 2.01. The van der Waals surface area contributed by atoms with Crippen molar-refractivity contribution < 1.29 is 27.9 Å². The third kappa shape index (κ3) is 4.99. The van der Waals surface area contributed by atoms with Gasteiger partial charge in [-0.15, -0.1) is 0 Å². The van der Waals surface area contributed by atoms with Gasteiger partial charge in [0.15, 0.2) is 0 Å². The molecule has 0 spiro atoms. The molecule has 2 aromatic rings. The molecule has 0 heterocycles. The van der Waals surface area contributed by atoms with Gasteiger partial charge in [-0.2, -0.15) is 13.2 Å². The van der Waals surface area contributed by atoms with Crippen LogP contribution in [0.5, 0.6) is 0 Å². The molecular weight excluding hydrogens is 385 g/mol. The zero-order valence-electron chi connectivity index (χ0n) is 13.9. The van der Waals surface area contributed by atoms with Crippen molar-refractivity contribution >= 4 is 23.4 Å². The fourth-order valence-corrected chi connectivity index (χ4v) is 2.47. The van der Waals surface area contributed by atoms with E-state index in [0.29, 0.717) is 10.6 Å². The first-order valence-corrected chi connectivity index (χ1v) is 8.17. The Labute approximate surface area is 158 Å². The van der Waals surface area contributed by atoms with Crippen LogP contribution in [0.1, 0.15) is 11.1 Å². The summed E-state index contributed by atoms with van der Waals surface area (Å²) in [5.74, 6) is -2.45. The van der Waals surface area contributed by atoms with Crippen molar-refractivity contribution in [3.05, 3.63) is 70.7 Å².